The fourth-order valence-electron chi connectivity index (χ4n) is 3.74. The minimum atomic E-state index is -3.24. The number of benzene rings is 2. The average molecular weight is 526 g/mol. The van der Waals surface area contributed by atoms with Crippen molar-refractivity contribution in [2.24, 2.45) is 5.73 Å². The number of aliphatic carboxylic acids is 1. The number of amidine groups is 1. The van der Waals surface area contributed by atoms with Gasteiger partial charge in [-0.05, 0) is 61.7 Å². The number of carbonyl (C=O) groups excluding carboxylic acids is 1. The number of carbonyl (C=O) groups is 1. The third kappa shape index (κ3) is 7.74. The average Bonchev–Trinajstić information content (AvgIpc) is 2.77. The number of hydrogen-bond donors (Lipinski definition) is 3. The monoisotopic (exact) mass is 525 g/mol. The second-order valence-electron chi connectivity index (χ2n) is 8.04. The smallest absolute Gasteiger partial charge is 0.211 e. The number of anilines is 1. The van der Waals surface area contributed by atoms with Gasteiger partial charge in [-0.25, -0.2) is 12.7 Å². The second-order valence-corrected chi connectivity index (χ2v) is 10.0. The standard InChI is InChI=1S/C23H30N4O6S.ClH/c1-3-32-19-12-16(21(23(28)29)26-17-6-4-15(5-7-17)22(24)25)13-20(14-19)33-18-8-10-27(11-9-18)34(2,30)31;/h4-7,12-14,18,21,26H,3,8-11H2,1-2H3,(H3,24,25)(H,28,29);1H/p-1. The molecule has 0 amide bonds. The third-order valence-corrected chi connectivity index (χ3v) is 6.77. The van der Waals surface area contributed by atoms with Gasteiger partial charge in [-0.15, -0.1) is 12.4 Å². The Labute approximate surface area is 211 Å². The van der Waals surface area contributed by atoms with Crippen LogP contribution in [0.4, 0.5) is 5.69 Å². The Hall–Kier alpha value is -3.02. The van der Waals surface area contributed by atoms with E-state index in [-0.39, 0.29) is 24.3 Å². The highest BCUT2D eigenvalue weighted by molar-refractivity contribution is 7.88. The van der Waals surface area contributed by atoms with Crippen LogP contribution in [0.2, 0.25) is 0 Å². The van der Waals surface area contributed by atoms with Crippen LogP contribution in [-0.2, 0) is 14.8 Å². The number of nitrogens with one attached hydrogen (secondary N) is 2. The van der Waals surface area contributed by atoms with Crippen LogP contribution in [0.3, 0.4) is 0 Å². The van der Waals surface area contributed by atoms with Gasteiger partial charge in [-0.3, -0.25) is 5.41 Å². The van der Waals surface area contributed by atoms with E-state index in [1.165, 1.54) is 10.6 Å². The molecule has 0 saturated carbocycles. The summed E-state index contributed by atoms with van der Waals surface area (Å²) < 4.78 is 36.6. The van der Waals surface area contributed by atoms with Crippen LogP contribution in [-0.4, -0.2) is 56.6 Å². The lowest BCUT2D eigenvalue weighted by Crippen LogP contribution is -2.41. The van der Waals surface area contributed by atoms with Crippen LogP contribution in [0.15, 0.2) is 42.5 Å². The molecule has 0 bridgehead atoms. The highest BCUT2D eigenvalue weighted by Crippen LogP contribution is 2.31. The van der Waals surface area contributed by atoms with Crippen LogP contribution >= 0.6 is 12.4 Å². The molecule has 35 heavy (non-hydrogen) atoms. The minimum absolute atomic E-state index is 0. The van der Waals surface area contributed by atoms with Crippen LogP contribution in [0.5, 0.6) is 11.5 Å². The molecule has 10 nitrogen and oxygen atoms in total. The van der Waals surface area contributed by atoms with Crippen LogP contribution < -0.4 is 25.6 Å². The van der Waals surface area contributed by atoms with E-state index in [2.05, 4.69) is 5.32 Å². The van der Waals surface area contributed by atoms with Gasteiger partial charge in [-0.2, -0.15) is 0 Å². The van der Waals surface area contributed by atoms with Crippen LogP contribution in [0.1, 0.15) is 36.9 Å². The van der Waals surface area contributed by atoms with Gasteiger partial charge in [0.2, 0.25) is 10.0 Å². The van der Waals surface area contributed by atoms with Gasteiger partial charge in [-0.1, -0.05) is 0 Å². The van der Waals surface area contributed by atoms with Crippen molar-refractivity contribution in [3.63, 3.8) is 0 Å². The van der Waals surface area contributed by atoms with Crippen LogP contribution in [0, 0.1) is 5.41 Å². The molecule has 0 aromatic heterocycles. The molecule has 3 rings (SSSR count). The lowest BCUT2D eigenvalue weighted by molar-refractivity contribution is -0.307. The fraction of sp³-hybridized carbons (Fsp3) is 0.391. The van der Waals surface area contributed by atoms with Gasteiger partial charge < -0.3 is 30.4 Å². The van der Waals surface area contributed by atoms with Crippen molar-refractivity contribution in [3.05, 3.63) is 53.6 Å². The SMILES string of the molecule is CCOc1cc(OC2CCN(S(C)(=O)=O)CC2)cc(C(Nc2ccc(C(=N)N)cc2)C(=O)[O-])c1.Cl. The summed E-state index contributed by atoms with van der Waals surface area (Å²) in [5.41, 5.74) is 6.88. The first kappa shape index (κ1) is 28.2. The number of rotatable bonds is 10. The van der Waals surface area contributed by atoms with Crippen molar-refractivity contribution in [1.29, 1.82) is 5.41 Å². The molecule has 1 heterocycles. The van der Waals surface area contributed by atoms with E-state index >= 15 is 0 Å². The molecular weight excluding hydrogens is 496 g/mol. The van der Waals surface area contributed by atoms with Crippen LogP contribution in [0.25, 0.3) is 0 Å². The molecule has 0 aliphatic carbocycles. The van der Waals surface area contributed by atoms with Crippen molar-refractivity contribution in [2.75, 3.05) is 31.3 Å². The van der Waals surface area contributed by atoms with Gasteiger partial charge in [0.05, 0.1) is 24.9 Å². The number of nitrogens with zero attached hydrogens (tertiary/aromatic N) is 1. The first-order chi connectivity index (χ1) is 16.1. The number of halogens is 1. The number of sulfonamides is 1. The molecule has 4 N–H and O–H groups in total. The molecule has 192 valence electrons. The van der Waals surface area contributed by atoms with E-state index in [9.17, 15) is 18.3 Å². The predicted octanol–water partition coefficient (Wildman–Crippen LogP) is 1.50. The maximum Gasteiger partial charge on any atom is 0.211 e. The highest BCUT2D eigenvalue weighted by Gasteiger charge is 2.26. The number of carboxylic acids is 1. The Bertz CT molecular complexity index is 1140. The first-order valence-corrected chi connectivity index (χ1v) is 12.7. The second kappa shape index (κ2) is 12.1. The number of nitrogens with two attached hydrogens (primary N) is 1. The Morgan fingerprint density at radius 2 is 1.80 bits per heavy atom. The van der Waals surface area contributed by atoms with Gasteiger partial charge in [0, 0.05) is 30.4 Å². The minimum Gasteiger partial charge on any atom is -0.548 e. The number of hydrogen-bond acceptors (Lipinski definition) is 8. The molecule has 1 aliphatic rings. The van der Waals surface area contributed by atoms with E-state index in [0.717, 1.165) is 0 Å². The molecule has 0 radical (unpaired) electrons. The van der Waals surface area contributed by atoms with Gasteiger partial charge in [0.1, 0.15) is 23.4 Å². The Kier molecular flexibility index (Phi) is 9.75. The quantitative estimate of drug-likeness (QED) is 0.311. The van der Waals surface area contributed by atoms with E-state index in [1.807, 2.05) is 6.92 Å². The maximum atomic E-state index is 12.0. The summed E-state index contributed by atoms with van der Waals surface area (Å²) in [5.74, 6) is -0.546. The zero-order chi connectivity index (χ0) is 24.9. The molecule has 1 saturated heterocycles. The zero-order valence-corrected chi connectivity index (χ0v) is 21.2. The summed E-state index contributed by atoms with van der Waals surface area (Å²) in [4.78, 5) is 12.0. The number of carboxylic acid groups (broad SMARTS) is 1. The summed E-state index contributed by atoms with van der Waals surface area (Å²) in [7, 11) is -3.24. The highest BCUT2D eigenvalue weighted by atomic mass is 35.5. The molecule has 2 aromatic rings. The van der Waals surface area contributed by atoms with Crippen molar-refractivity contribution < 1.29 is 27.8 Å². The van der Waals surface area contributed by atoms with Gasteiger partial charge in [0.25, 0.3) is 0 Å². The van der Waals surface area contributed by atoms with Gasteiger partial charge in [0.15, 0.2) is 0 Å². The zero-order valence-electron chi connectivity index (χ0n) is 19.5. The molecule has 1 aliphatic heterocycles. The third-order valence-electron chi connectivity index (χ3n) is 5.46. The van der Waals surface area contributed by atoms with Gasteiger partial charge >= 0.3 is 0 Å². The number of nitrogen functional groups attached to an aromatic ring is 1. The number of ether oxygens (including phenoxy) is 2. The lowest BCUT2D eigenvalue weighted by atomic mass is 10.0. The molecule has 1 unspecified atom stereocenters. The normalized spacial score (nSPS) is 15.5. The molecule has 12 heteroatoms. The Morgan fingerprint density at radius 3 is 2.31 bits per heavy atom. The van der Waals surface area contributed by atoms with E-state index in [0.29, 0.717) is 60.9 Å². The van der Waals surface area contributed by atoms with Crippen molar-refractivity contribution in [2.45, 2.75) is 31.9 Å². The Morgan fingerprint density at radius 1 is 1.20 bits per heavy atom. The van der Waals surface area contributed by atoms with E-state index in [1.54, 1.807) is 42.5 Å². The topological polar surface area (TPSA) is 158 Å². The number of piperidine rings is 1. The molecule has 1 fully saturated rings. The predicted molar refractivity (Wildman–Crippen MR) is 134 cm³/mol. The van der Waals surface area contributed by atoms with Crippen molar-refractivity contribution in [3.8, 4) is 11.5 Å². The molecule has 0 spiro atoms. The van der Waals surface area contributed by atoms with E-state index in [4.69, 9.17) is 20.6 Å². The molecule has 2 aromatic carbocycles. The maximum absolute atomic E-state index is 12.0. The van der Waals surface area contributed by atoms with Crippen molar-refractivity contribution >= 4 is 39.9 Å². The summed E-state index contributed by atoms with van der Waals surface area (Å²) in [5, 5.41) is 22.4. The summed E-state index contributed by atoms with van der Waals surface area (Å²) >= 11 is 0. The lowest BCUT2D eigenvalue weighted by Gasteiger charge is -2.31. The summed E-state index contributed by atoms with van der Waals surface area (Å²) in [6, 6.07) is 10.2. The summed E-state index contributed by atoms with van der Waals surface area (Å²) in [6.07, 6.45) is 2.01. The van der Waals surface area contributed by atoms with Crippen molar-refractivity contribution in [1.82, 2.24) is 4.31 Å². The first-order valence-electron chi connectivity index (χ1n) is 10.9. The largest absolute Gasteiger partial charge is 0.548 e. The fourth-order valence-corrected chi connectivity index (χ4v) is 4.62. The Balaban J connectivity index is 0.00000432. The van der Waals surface area contributed by atoms with E-state index < -0.39 is 22.0 Å². The molecular formula is C23H30ClN4O6S-. The summed E-state index contributed by atoms with van der Waals surface area (Å²) in [6.45, 7) is 2.92. The molecule has 1 atom stereocenters.